The van der Waals surface area contributed by atoms with Gasteiger partial charge in [-0.15, -0.1) is 11.8 Å². The molecule has 0 unspecified atom stereocenters. The number of rotatable bonds is 2. The highest BCUT2D eigenvalue weighted by molar-refractivity contribution is 7.98. The Labute approximate surface area is 134 Å². The zero-order valence-electron chi connectivity index (χ0n) is 12.8. The van der Waals surface area contributed by atoms with E-state index in [0.717, 1.165) is 5.56 Å². The minimum absolute atomic E-state index is 0.618. The molecule has 3 aromatic carbocycles. The van der Waals surface area contributed by atoms with Crippen molar-refractivity contribution < 1.29 is 9.47 Å². The normalized spacial score (nSPS) is 17.4. The molecule has 1 aliphatic heterocycles. The molecule has 0 aliphatic carbocycles. The fourth-order valence-corrected chi connectivity index (χ4v) is 3.84. The van der Waals surface area contributed by atoms with Crippen LogP contribution in [0.1, 0.15) is 12.5 Å². The second kappa shape index (κ2) is 5.27. The third-order valence-corrected chi connectivity index (χ3v) is 5.18. The van der Waals surface area contributed by atoms with Gasteiger partial charge < -0.3 is 9.47 Å². The number of benzene rings is 3. The quantitative estimate of drug-likeness (QED) is 0.494. The van der Waals surface area contributed by atoms with Crippen LogP contribution in [-0.4, -0.2) is 19.5 Å². The summed E-state index contributed by atoms with van der Waals surface area (Å²) >= 11 is 1.79. The summed E-state index contributed by atoms with van der Waals surface area (Å²) in [6.45, 7) is 3.31. The predicted octanol–water partition coefficient (Wildman–Crippen LogP) is 4.93. The number of ether oxygens (including phenoxy) is 2. The minimum Gasteiger partial charge on any atom is -0.344 e. The van der Waals surface area contributed by atoms with Crippen molar-refractivity contribution in [3.63, 3.8) is 0 Å². The molecule has 0 aromatic heterocycles. The molecular formula is C19H18O2S. The summed E-state index contributed by atoms with van der Waals surface area (Å²) in [7, 11) is 0. The lowest BCUT2D eigenvalue weighted by Crippen LogP contribution is -2.22. The van der Waals surface area contributed by atoms with E-state index in [9.17, 15) is 0 Å². The van der Waals surface area contributed by atoms with Gasteiger partial charge in [0.05, 0.1) is 13.2 Å². The van der Waals surface area contributed by atoms with Gasteiger partial charge in [-0.1, -0.05) is 36.4 Å². The largest absolute Gasteiger partial charge is 0.344 e. The molecule has 2 nitrogen and oxygen atoms in total. The van der Waals surface area contributed by atoms with Gasteiger partial charge in [-0.25, -0.2) is 0 Å². The highest BCUT2D eigenvalue weighted by atomic mass is 32.2. The standard InChI is InChI=1S/C19H18O2S/c1-19(20-9-10-21-19)14-8-7-13-11-18(22-2)16-6-4-3-5-15(16)17(13)12-14/h3-8,11-12H,9-10H2,1-2H3. The van der Waals surface area contributed by atoms with Crippen LogP contribution in [0.5, 0.6) is 0 Å². The van der Waals surface area contributed by atoms with Crippen molar-refractivity contribution in [1.82, 2.24) is 0 Å². The van der Waals surface area contributed by atoms with Gasteiger partial charge in [-0.3, -0.25) is 0 Å². The first-order valence-corrected chi connectivity index (χ1v) is 8.72. The van der Waals surface area contributed by atoms with Gasteiger partial charge in [0.25, 0.3) is 0 Å². The fraction of sp³-hybridized carbons (Fsp3) is 0.263. The Bertz CT molecular complexity index is 851. The molecule has 0 N–H and O–H groups in total. The van der Waals surface area contributed by atoms with E-state index in [1.807, 2.05) is 6.92 Å². The lowest BCUT2D eigenvalue weighted by molar-refractivity contribution is -0.149. The van der Waals surface area contributed by atoms with Gasteiger partial charge in [0.15, 0.2) is 5.79 Å². The van der Waals surface area contributed by atoms with Crippen LogP contribution in [0.3, 0.4) is 0 Å². The van der Waals surface area contributed by atoms with E-state index in [0.29, 0.717) is 13.2 Å². The number of hydrogen-bond acceptors (Lipinski definition) is 3. The van der Waals surface area contributed by atoms with Crippen LogP contribution >= 0.6 is 11.8 Å². The van der Waals surface area contributed by atoms with Crippen molar-refractivity contribution in [2.24, 2.45) is 0 Å². The van der Waals surface area contributed by atoms with E-state index >= 15 is 0 Å². The maximum atomic E-state index is 5.81. The summed E-state index contributed by atoms with van der Waals surface area (Å²) in [6, 6.07) is 17.4. The van der Waals surface area contributed by atoms with E-state index in [1.54, 1.807) is 11.8 Å². The van der Waals surface area contributed by atoms with E-state index in [2.05, 4.69) is 54.8 Å². The first kappa shape index (κ1) is 14.1. The molecule has 1 heterocycles. The summed E-state index contributed by atoms with van der Waals surface area (Å²) in [4.78, 5) is 1.32. The zero-order chi connectivity index (χ0) is 15.2. The van der Waals surface area contributed by atoms with Gasteiger partial charge in [0.1, 0.15) is 0 Å². The fourth-order valence-electron chi connectivity index (χ4n) is 3.20. The second-order valence-corrected chi connectivity index (χ2v) is 6.55. The Morgan fingerprint density at radius 2 is 1.64 bits per heavy atom. The highest BCUT2D eigenvalue weighted by Crippen LogP contribution is 2.37. The molecule has 3 heteroatoms. The van der Waals surface area contributed by atoms with Crippen LogP contribution in [0, 0.1) is 0 Å². The molecule has 22 heavy (non-hydrogen) atoms. The van der Waals surface area contributed by atoms with E-state index in [1.165, 1.54) is 26.4 Å². The Morgan fingerprint density at radius 3 is 2.36 bits per heavy atom. The SMILES string of the molecule is CSc1cc2ccc(C3(C)OCCO3)cc2c2ccccc12. The van der Waals surface area contributed by atoms with Crippen LogP contribution < -0.4 is 0 Å². The van der Waals surface area contributed by atoms with E-state index < -0.39 is 5.79 Å². The van der Waals surface area contributed by atoms with Crippen LogP contribution in [0.25, 0.3) is 21.5 Å². The molecule has 112 valence electrons. The molecule has 0 bridgehead atoms. The molecule has 0 amide bonds. The van der Waals surface area contributed by atoms with Gasteiger partial charge in [-0.2, -0.15) is 0 Å². The molecular weight excluding hydrogens is 292 g/mol. The number of thioether (sulfide) groups is 1. The monoisotopic (exact) mass is 310 g/mol. The van der Waals surface area contributed by atoms with Crippen LogP contribution in [0.15, 0.2) is 53.4 Å². The lowest BCUT2D eigenvalue weighted by atomic mass is 9.97. The molecule has 0 radical (unpaired) electrons. The van der Waals surface area contributed by atoms with Gasteiger partial charge in [-0.05, 0) is 46.9 Å². The average molecular weight is 310 g/mol. The third kappa shape index (κ3) is 2.12. The Morgan fingerprint density at radius 1 is 0.909 bits per heavy atom. The van der Waals surface area contributed by atoms with Crippen molar-refractivity contribution in [3.8, 4) is 0 Å². The topological polar surface area (TPSA) is 18.5 Å². The summed E-state index contributed by atoms with van der Waals surface area (Å²) < 4.78 is 11.6. The van der Waals surface area contributed by atoms with Crippen molar-refractivity contribution in [2.75, 3.05) is 19.5 Å². The maximum Gasteiger partial charge on any atom is 0.192 e. The predicted molar refractivity (Wildman–Crippen MR) is 92.5 cm³/mol. The Balaban J connectivity index is 2.01. The zero-order valence-corrected chi connectivity index (χ0v) is 13.6. The molecule has 1 fully saturated rings. The van der Waals surface area contributed by atoms with E-state index in [-0.39, 0.29) is 0 Å². The summed E-state index contributed by atoms with van der Waals surface area (Å²) in [5, 5.41) is 5.10. The van der Waals surface area contributed by atoms with Crippen LogP contribution in [0.2, 0.25) is 0 Å². The van der Waals surface area contributed by atoms with Crippen molar-refractivity contribution >= 4 is 33.3 Å². The van der Waals surface area contributed by atoms with Crippen molar-refractivity contribution in [3.05, 3.63) is 54.1 Å². The smallest absolute Gasteiger partial charge is 0.192 e. The number of hydrogen-bond donors (Lipinski definition) is 0. The average Bonchev–Trinajstić information content (AvgIpc) is 3.01. The van der Waals surface area contributed by atoms with E-state index in [4.69, 9.17) is 9.47 Å². The number of fused-ring (bicyclic) bond motifs is 3. The van der Waals surface area contributed by atoms with Crippen LogP contribution in [-0.2, 0) is 15.3 Å². The molecule has 0 spiro atoms. The third-order valence-electron chi connectivity index (χ3n) is 4.41. The van der Waals surface area contributed by atoms with Crippen LogP contribution in [0.4, 0.5) is 0 Å². The Kier molecular flexibility index (Phi) is 3.37. The molecule has 1 aliphatic rings. The Hall–Kier alpha value is -1.55. The molecule has 0 atom stereocenters. The lowest BCUT2D eigenvalue weighted by Gasteiger charge is -2.23. The molecule has 4 rings (SSSR count). The molecule has 3 aromatic rings. The van der Waals surface area contributed by atoms with Crippen molar-refractivity contribution in [1.29, 1.82) is 0 Å². The molecule has 0 saturated carbocycles. The summed E-state index contributed by atoms with van der Waals surface area (Å²) in [5.74, 6) is -0.618. The van der Waals surface area contributed by atoms with Gasteiger partial charge in [0.2, 0.25) is 0 Å². The highest BCUT2D eigenvalue weighted by Gasteiger charge is 2.33. The van der Waals surface area contributed by atoms with Gasteiger partial charge >= 0.3 is 0 Å². The first-order valence-electron chi connectivity index (χ1n) is 7.49. The summed E-state index contributed by atoms with van der Waals surface area (Å²) in [5.41, 5.74) is 1.08. The van der Waals surface area contributed by atoms with Gasteiger partial charge in [0, 0.05) is 10.5 Å². The van der Waals surface area contributed by atoms with Crippen molar-refractivity contribution in [2.45, 2.75) is 17.6 Å². The first-order chi connectivity index (χ1) is 10.7. The summed E-state index contributed by atoms with van der Waals surface area (Å²) in [6.07, 6.45) is 2.13. The maximum absolute atomic E-state index is 5.81. The molecule has 1 saturated heterocycles. The second-order valence-electron chi connectivity index (χ2n) is 5.70. The minimum atomic E-state index is -0.618.